The molecule has 1 unspecified atom stereocenters. The van der Waals surface area contributed by atoms with E-state index in [4.69, 9.17) is 24.6 Å². The van der Waals surface area contributed by atoms with Crippen LogP contribution in [0.2, 0.25) is 0 Å². The van der Waals surface area contributed by atoms with E-state index in [-0.39, 0.29) is 46.2 Å². The number of sulfonamides is 1. The quantitative estimate of drug-likeness (QED) is 0.164. The summed E-state index contributed by atoms with van der Waals surface area (Å²) in [5, 5.41) is 3.25. The van der Waals surface area contributed by atoms with Crippen molar-refractivity contribution in [2.75, 3.05) is 31.3 Å². The molecule has 3 aromatic carbocycles. The molecule has 15 heteroatoms. The molecular formula is C38H35F2N5O7S. The number of ether oxygens (including phenoxy) is 2. The van der Waals surface area contributed by atoms with E-state index in [9.17, 15) is 22.4 Å². The molecule has 0 bridgehead atoms. The largest absolute Gasteiger partial charge is 0.464 e. The number of hydrogen-bond donors (Lipinski definition) is 2. The van der Waals surface area contributed by atoms with Crippen molar-refractivity contribution in [3.63, 3.8) is 0 Å². The number of nitrogens with one attached hydrogen (secondary N) is 1. The van der Waals surface area contributed by atoms with Crippen molar-refractivity contribution >= 4 is 49.5 Å². The zero-order valence-corrected chi connectivity index (χ0v) is 30.1. The van der Waals surface area contributed by atoms with Gasteiger partial charge in [0.25, 0.3) is 5.91 Å². The summed E-state index contributed by atoms with van der Waals surface area (Å²) in [6.07, 6.45) is 0.146. The van der Waals surface area contributed by atoms with Gasteiger partial charge in [-0.25, -0.2) is 22.2 Å². The SMILES string of the molecule is CNC(=O)c1c(-c2ccc(F)cc2)oc2cc(N(C)S(C)(=O)=O)c(-c3ccc4c(n3)-c3cc5c(F)cccc5n3C(COC(=O)[C@@H](N)C(C)C)O4)cc12. The van der Waals surface area contributed by atoms with Crippen LogP contribution >= 0.6 is 0 Å². The first-order chi connectivity index (χ1) is 25.2. The summed E-state index contributed by atoms with van der Waals surface area (Å²) in [6.45, 7) is 3.37. The first-order valence-electron chi connectivity index (χ1n) is 16.6. The topological polar surface area (TPSA) is 159 Å². The second-order valence-electron chi connectivity index (χ2n) is 13.1. The van der Waals surface area contributed by atoms with Gasteiger partial charge in [-0.2, -0.15) is 0 Å². The number of nitrogens with two attached hydrogens (primary N) is 1. The Hall–Kier alpha value is -5.80. The number of esters is 1. The van der Waals surface area contributed by atoms with Crippen molar-refractivity contribution in [1.82, 2.24) is 14.9 Å². The minimum atomic E-state index is -3.83. The summed E-state index contributed by atoms with van der Waals surface area (Å²) in [5.41, 5.74) is 8.80. The fourth-order valence-electron chi connectivity index (χ4n) is 6.34. The number of rotatable bonds is 9. The highest BCUT2D eigenvalue weighted by molar-refractivity contribution is 7.92. The molecule has 0 aliphatic carbocycles. The van der Waals surface area contributed by atoms with Gasteiger partial charge in [-0.1, -0.05) is 19.9 Å². The molecule has 53 heavy (non-hydrogen) atoms. The predicted octanol–water partition coefficient (Wildman–Crippen LogP) is 6.23. The molecule has 12 nitrogen and oxygen atoms in total. The van der Waals surface area contributed by atoms with Crippen LogP contribution in [0, 0.1) is 17.6 Å². The van der Waals surface area contributed by atoms with Crippen LogP contribution in [0.25, 0.3) is 55.8 Å². The van der Waals surface area contributed by atoms with Gasteiger partial charge in [0, 0.05) is 42.1 Å². The summed E-state index contributed by atoms with van der Waals surface area (Å²) in [5.74, 6) is -1.77. The van der Waals surface area contributed by atoms with E-state index < -0.39 is 45.8 Å². The van der Waals surface area contributed by atoms with Crippen LogP contribution in [0.3, 0.4) is 0 Å². The Bertz CT molecular complexity index is 2550. The molecule has 7 rings (SSSR count). The fourth-order valence-corrected chi connectivity index (χ4v) is 6.85. The second-order valence-corrected chi connectivity index (χ2v) is 15.1. The summed E-state index contributed by atoms with van der Waals surface area (Å²) < 4.78 is 75.8. The number of halogens is 2. The minimum Gasteiger partial charge on any atom is -0.464 e. The first-order valence-corrected chi connectivity index (χ1v) is 18.4. The zero-order chi connectivity index (χ0) is 37.9. The Morgan fingerprint density at radius 1 is 1.06 bits per heavy atom. The number of fused-ring (bicyclic) bond motifs is 6. The molecule has 0 radical (unpaired) electrons. The normalized spacial score (nSPS) is 14.5. The number of hydrogen-bond acceptors (Lipinski definition) is 9. The lowest BCUT2D eigenvalue weighted by atomic mass is 10.0. The van der Waals surface area contributed by atoms with Gasteiger partial charge in [-0.15, -0.1) is 0 Å². The van der Waals surface area contributed by atoms with Crippen molar-refractivity contribution in [2.24, 2.45) is 11.7 Å². The van der Waals surface area contributed by atoms with Gasteiger partial charge < -0.3 is 24.9 Å². The minimum absolute atomic E-state index is 0.149. The lowest BCUT2D eigenvalue weighted by Crippen LogP contribution is -2.38. The van der Waals surface area contributed by atoms with Crippen LogP contribution in [-0.4, -0.2) is 62.8 Å². The number of nitrogens with zero attached hydrogens (tertiary/aromatic N) is 3. The number of carbonyl (C=O) groups excluding carboxylic acids is 2. The zero-order valence-electron chi connectivity index (χ0n) is 29.3. The van der Waals surface area contributed by atoms with Gasteiger partial charge in [-0.3, -0.25) is 18.5 Å². The number of aromatic nitrogens is 2. The molecule has 6 aromatic rings. The van der Waals surface area contributed by atoms with E-state index in [0.29, 0.717) is 39.2 Å². The number of benzene rings is 3. The highest BCUT2D eigenvalue weighted by Gasteiger charge is 2.33. The molecule has 3 aromatic heterocycles. The summed E-state index contributed by atoms with van der Waals surface area (Å²) >= 11 is 0. The van der Waals surface area contributed by atoms with Crippen LogP contribution in [0.4, 0.5) is 14.5 Å². The lowest BCUT2D eigenvalue weighted by Gasteiger charge is -2.30. The number of carbonyl (C=O) groups is 2. The molecule has 0 spiro atoms. The maximum atomic E-state index is 15.2. The molecular weight excluding hydrogens is 709 g/mol. The van der Waals surface area contributed by atoms with Crippen LogP contribution in [-0.2, 0) is 19.6 Å². The standard InChI is InChI=1S/C38H35F2N5O7S/c1-19(2)34(41)38(47)50-18-32-45-27-8-6-7-25(40)22(27)16-29(45)35-30(51-32)14-13-26(43-35)23-15-24-31(17-28(23)44(4)53(5,48)49)52-36(33(24)37(46)42-3)20-9-11-21(39)12-10-20/h6-17,19,32,34H,18,41H2,1-5H3,(H,42,46)/t32?,34-/m0/s1. The Kier molecular flexibility index (Phi) is 8.94. The second kappa shape index (κ2) is 13.3. The molecule has 3 N–H and O–H groups in total. The highest BCUT2D eigenvalue weighted by Crippen LogP contribution is 2.45. The maximum Gasteiger partial charge on any atom is 0.323 e. The predicted molar refractivity (Wildman–Crippen MR) is 196 cm³/mol. The van der Waals surface area contributed by atoms with E-state index in [2.05, 4.69) is 5.32 Å². The lowest BCUT2D eigenvalue weighted by molar-refractivity contribution is -0.150. The molecule has 0 fully saturated rings. The average molecular weight is 744 g/mol. The van der Waals surface area contributed by atoms with Crippen molar-refractivity contribution in [3.8, 4) is 39.7 Å². The summed E-state index contributed by atoms with van der Waals surface area (Å²) in [6, 6.07) is 17.2. The van der Waals surface area contributed by atoms with E-state index in [1.54, 1.807) is 54.8 Å². The third-order valence-corrected chi connectivity index (χ3v) is 10.5. The Labute approximate surface area is 303 Å². The fraction of sp³-hybridized carbons (Fsp3) is 0.237. The number of furan rings is 1. The molecule has 1 amide bonds. The number of amides is 1. The maximum absolute atomic E-state index is 15.2. The van der Waals surface area contributed by atoms with Gasteiger partial charge in [-0.05, 0) is 66.6 Å². The van der Waals surface area contributed by atoms with Crippen molar-refractivity contribution in [3.05, 3.63) is 90.0 Å². The van der Waals surface area contributed by atoms with Crippen LogP contribution in [0.1, 0.15) is 30.4 Å². The Morgan fingerprint density at radius 2 is 1.79 bits per heavy atom. The first kappa shape index (κ1) is 35.6. The van der Waals surface area contributed by atoms with E-state index >= 15 is 4.39 Å². The molecule has 0 saturated carbocycles. The number of anilines is 1. The van der Waals surface area contributed by atoms with Gasteiger partial charge >= 0.3 is 5.97 Å². The Balaban J connectivity index is 1.42. The van der Waals surface area contributed by atoms with Crippen molar-refractivity contribution in [1.29, 1.82) is 0 Å². The summed E-state index contributed by atoms with van der Waals surface area (Å²) in [4.78, 5) is 31.0. The number of pyridine rings is 1. The third-order valence-electron chi connectivity index (χ3n) is 9.32. The molecule has 1 aliphatic rings. The van der Waals surface area contributed by atoms with Crippen molar-refractivity contribution < 1.29 is 40.7 Å². The summed E-state index contributed by atoms with van der Waals surface area (Å²) in [7, 11) is -0.996. The average Bonchev–Trinajstić information content (AvgIpc) is 3.72. The molecule has 1 aliphatic heterocycles. The van der Waals surface area contributed by atoms with E-state index in [0.717, 1.165) is 10.6 Å². The Morgan fingerprint density at radius 3 is 2.47 bits per heavy atom. The monoisotopic (exact) mass is 743 g/mol. The van der Waals surface area contributed by atoms with E-state index in [1.165, 1.54) is 50.5 Å². The van der Waals surface area contributed by atoms with Crippen LogP contribution in [0.5, 0.6) is 5.75 Å². The van der Waals surface area contributed by atoms with Crippen LogP contribution in [0.15, 0.2) is 77.2 Å². The van der Waals surface area contributed by atoms with Gasteiger partial charge in [0.2, 0.25) is 16.3 Å². The molecule has 2 atom stereocenters. The van der Waals surface area contributed by atoms with E-state index in [1.807, 2.05) is 0 Å². The van der Waals surface area contributed by atoms with Gasteiger partial charge in [0.1, 0.15) is 47.1 Å². The highest BCUT2D eigenvalue weighted by atomic mass is 32.2. The molecule has 0 saturated heterocycles. The van der Waals surface area contributed by atoms with Gasteiger partial charge in [0.05, 0.1) is 34.4 Å². The van der Waals surface area contributed by atoms with Gasteiger partial charge in [0.15, 0.2) is 0 Å². The third kappa shape index (κ3) is 6.25. The molecule has 274 valence electrons. The van der Waals surface area contributed by atoms with Crippen LogP contribution < -0.4 is 20.1 Å². The smallest absolute Gasteiger partial charge is 0.323 e. The van der Waals surface area contributed by atoms with Crippen molar-refractivity contribution in [2.45, 2.75) is 26.1 Å². The molecule has 4 heterocycles.